The summed E-state index contributed by atoms with van der Waals surface area (Å²) in [7, 11) is 0. The standard InChI is InChI=1S/C42H66O8.C42H66O7.CO2/c1-9-11-33-28(8)38-40-41(47-33)39-37(48-40)22-42(49-38,50-39)16-14-30-20-25(5)32(44-30)13-12-29-19-24(4)26(6)35(45-29)21-36-31(15-17-43)27(7)34(46-36)18-23(3)10-2;1-10-13-33-28(9)38-40-41(46-33)39-37(47-40)22-42(48-38,49-39)17-16-30-20-25(6)32(43-30)15-14-29-19-24(5)26(7)35(44-29)21-36-31(12-3)27(8)34(45-36)18-23(4)11-2;2-1-3/h9,23-24,27-41,43H,1,5-6,10-22H2,2-4,7-8H3;10,23-24,27-41H,1,6-7,11-22H2,2-5,8-9H3;/t2*23-,24-,27-,28?,29?,30?,31-,32+,33+,34-,35-,36?,37-,38+,39+,40+,41+,42-;/m11./s1. The fourth-order valence-corrected chi connectivity index (χ4v) is 21.2. The van der Waals surface area contributed by atoms with Crippen LogP contribution in [-0.4, -0.2) is 176 Å². The van der Waals surface area contributed by atoms with Crippen molar-refractivity contribution in [3.05, 3.63) is 73.9 Å². The quantitative estimate of drug-likeness (QED) is 0.0697. The van der Waals surface area contributed by atoms with E-state index in [0.29, 0.717) is 53.4 Å². The summed E-state index contributed by atoms with van der Waals surface area (Å²) in [5, 5.41) is 9.90. The minimum absolute atomic E-state index is 0.0196. The maximum atomic E-state index is 9.90. The molecule has 0 saturated carbocycles. The van der Waals surface area contributed by atoms with Crippen molar-refractivity contribution in [2.45, 2.75) is 388 Å². The van der Waals surface area contributed by atoms with E-state index in [1.807, 2.05) is 12.2 Å². The molecule has 17 nitrogen and oxygen atoms in total. The average Bonchev–Trinajstić information content (AvgIpc) is 1.56. The number of rotatable bonds is 29. The molecule has 0 aromatic heterocycles. The number of hydrogen-bond donors (Lipinski definition) is 1. The van der Waals surface area contributed by atoms with Crippen LogP contribution in [0.3, 0.4) is 0 Å². The largest absolute Gasteiger partial charge is 0.396 e. The molecule has 16 rings (SSSR count). The molecular formula is C85H132O17. The molecule has 16 heterocycles. The summed E-state index contributed by atoms with van der Waals surface area (Å²) in [6, 6.07) is 0. The highest BCUT2D eigenvalue weighted by molar-refractivity contribution is 5.20. The van der Waals surface area contributed by atoms with Gasteiger partial charge in [-0.25, -0.2) is 0 Å². The van der Waals surface area contributed by atoms with Crippen LogP contribution in [0.1, 0.15) is 230 Å². The predicted molar refractivity (Wildman–Crippen MR) is 389 cm³/mol. The van der Waals surface area contributed by atoms with Crippen molar-refractivity contribution < 1.29 is 81.0 Å². The number of aliphatic hydroxyl groups excluding tert-OH is 1. The smallest absolute Gasteiger partial charge is 0.373 e. The summed E-state index contributed by atoms with van der Waals surface area (Å²) < 4.78 is 93.8. The zero-order valence-electron chi connectivity index (χ0n) is 64.2. The Morgan fingerprint density at radius 1 is 0.461 bits per heavy atom. The van der Waals surface area contributed by atoms with Crippen molar-refractivity contribution in [3.63, 3.8) is 0 Å². The summed E-state index contributed by atoms with van der Waals surface area (Å²) in [4.78, 5) is 16.2. The zero-order chi connectivity index (χ0) is 72.6. The SMILES string of the molecule is C=CC[C@@H]1O[C@H]2[C@H]3O[C@]4(CCC5CC(=C)[C@H](CCC6C[C@@H](C)C(=C)[C@@H](CC7O[C@H](C[C@H](C)CC)[C@H](C)[C@H]7CC)O6)O5)C[C@H]3O[C@H]2[C@@H](O4)C1C.C=CC[C@@H]1O[C@H]2[C@H]3O[C@]4(CCC5CC(=C)[C@H](CCC6C[C@@H](C)C(=C)[C@@H](CC7O[C@H](C[C@H](C)CC)[C@H](C)[C@H]7CCO)O6)O5)C[C@H]3O[C@H]2[C@@H](O4)C1C.O=C=O. The van der Waals surface area contributed by atoms with Gasteiger partial charge in [0, 0.05) is 57.0 Å². The summed E-state index contributed by atoms with van der Waals surface area (Å²) >= 11 is 0. The molecule has 16 aliphatic heterocycles. The molecule has 12 bridgehead atoms. The third kappa shape index (κ3) is 16.7. The first kappa shape index (κ1) is 78.8. The van der Waals surface area contributed by atoms with Gasteiger partial charge in [0.05, 0.1) is 110 Å². The van der Waals surface area contributed by atoms with Crippen molar-refractivity contribution >= 4 is 6.15 Å². The van der Waals surface area contributed by atoms with Gasteiger partial charge in [-0.2, -0.15) is 9.59 Å². The molecule has 574 valence electrons. The van der Waals surface area contributed by atoms with Gasteiger partial charge in [-0.1, -0.05) is 134 Å². The molecule has 16 saturated heterocycles. The number of hydrogen-bond acceptors (Lipinski definition) is 17. The maximum Gasteiger partial charge on any atom is 0.373 e. The van der Waals surface area contributed by atoms with Crippen LogP contribution in [-0.2, 0) is 75.9 Å². The van der Waals surface area contributed by atoms with Crippen LogP contribution < -0.4 is 0 Å². The first-order chi connectivity index (χ1) is 49.0. The Balaban J connectivity index is 0.000000186. The Bertz CT molecular complexity index is 2890. The van der Waals surface area contributed by atoms with Crippen LogP contribution in [0.2, 0.25) is 0 Å². The lowest BCUT2D eigenvalue weighted by Gasteiger charge is -2.42. The topological polar surface area (TPSA) is 184 Å². The van der Waals surface area contributed by atoms with Gasteiger partial charge in [0.25, 0.3) is 0 Å². The average molecular weight is 1430 g/mol. The minimum atomic E-state index is -0.637. The highest BCUT2D eigenvalue weighted by Crippen LogP contribution is 2.57. The van der Waals surface area contributed by atoms with Crippen LogP contribution in [0.4, 0.5) is 0 Å². The molecule has 0 amide bonds. The lowest BCUT2D eigenvalue weighted by Crippen LogP contribution is -2.54. The Kier molecular flexibility index (Phi) is 26.3. The van der Waals surface area contributed by atoms with Gasteiger partial charge >= 0.3 is 6.15 Å². The van der Waals surface area contributed by atoms with Crippen molar-refractivity contribution in [1.82, 2.24) is 0 Å². The normalized spacial score (nSPS) is 47.8. The van der Waals surface area contributed by atoms with Crippen LogP contribution in [0.15, 0.2) is 73.9 Å². The van der Waals surface area contributed by atoms with Gasteiger partial charge in [-0.15, -0.1) is 13.2 Å². The lowest BCUT2D eigenvalue weighted by molar-refractivity contribution is -0.263. The first-order valence-corrected chi connectivity index (χ1v) is 40.8. The third-order valence-corrected chi connectivity index (χ3v) is 27.9. The molecule has 8 unspecified atom stereocenters. The van der Waals surface area contributed by atoms with Gasteiger partial charge in [-0.05, 0) is 166 Å². The van der Waals surface area contributed by atoms with Crippen LogP contribution >= 0.6 is 0 Å². The number of aliphatic hydroxyl groups is 1. The second kappa shape index (κ2) is 34.0. The summed E-state index contributed by atoms with van der Waals surface area (Å²) in [5.74, 6) is 3.31. The molecule has 16 aliphatic rings. The molecule has 0 radical (unpaired) electrons. The second-order valence-corrected chi connectivity index (χ2v) is 34.7. The number of carbonyl (C=O) groups excluding carboxylic acids is 2. The Morgan fingerprint density at radius 3 is 1.25 bits per heavy atom. The number of ether oxygens (including phenoxy) is 14. The van der Waals surface area contributed by atoms with Gasteiger partial charge in [0.1, 0.15) is 36.6 Å². The van der Waals surface area contributed by atoms with Crippen molar-refractivity contribution in [3.8, 4) is 0 Å². The lowest BCUT2D eigenvalue weighted by atomic mass is 9.79. The van der Waals surface area contributed by atoms with E-state index >= 15 is 0 Å². The van der Waals surface area contributed by atoms with Crippen molar-refractivity contribution in [2.75, 3.05) is 6.61 Å². The van der Waals surface area contributed by atoms with E-state index in [-0.39, 0.29) is 165 Å². The van der Waals surface area contributed by atoms with Gasteiger partial charge in [0.2, 0.25) is 0 Å². The summed E-state index contributed by atoms with van der Waals surface area (Å²) in [6.07, 6.45) is 28.1. The van der Waals surface area contributed by atoms with E-state index < -0.39 is 11.6 Å². The maximum absolute atomic E-state index is 9.90. The van der Waals surface area contributed by atoms with E-state index in [0.717, 1.165) is 148 Å². The molecular weight excluding hydrogens is 1290 g/mol. The Morgan fingerprint density at radius 2 is 0.853 bits per heavy atom. The first-order valence-electron chi connectivity index (χ1n) is 40.8. The van der Waals surface area contributed by atoms with Gasteiger partial charge in [-0.3, -0.25) is 0 Å². The molecule has 0 aromatic rings. The van der Waals surface area contributed by atoms with Crippen LogP contribution in [0, 0.1) is 59.2 Å². The summed E-state index contributed by atoms with van der Waals surface area (Å²) in [6.45, 7) is 51.4. The highest BCUT2D eigenvalue weighted by atomic mass is 16.8. The molecule has 102 heavy (non-hydrogen) atoms. The molecule has 0 spiro atoms. The third-order valence-electron chi connectivity index (χ3n) is 27.9. The molecule has 17 heteroatoms. The molecule has 1 N–H and O–H groups in total. The van der Waals surface area contributed by atoms with Crippen molar-refractivity contribution in [2.24, 2.45) is 59.2 Å². The van der Waals surface area contributed by atoms with E-state index in [9.17, 15) is 5.11 Å². The Labute approximate surface area is 612 Å². The monoisotopic (exact) mass is 1420 g/mol. The van der Waals surface area contributed by atoms with E-state index in [1.165, 1.54) is 28.7 Å². The molecule has 0 aliphatic carbocycles. The minimum Gasteiger partial charge on any atom is -0.396 e. The van der Waals surface area contributed by atoms with Crippen LogP contribution in [0.25, 0.3) is 0 Å². The fraction of sp³-hybridized carbons (Fsp3) is 0.847. The van der Waals surface area contributed by atoms with Crippen molar-refractivity contribution in [1.29, 1.82) is 0 Å². The molecule has 16 fully saturated rings. The highest BCUT2D eigenvalue weighted by Gasteiger charge is 2.69. The van der Waals surface area contributed by atoms with Gasteiger partial charge < -0.3 is 71.4 Å². The van der Waals surface area contributed by atoms with E-state index in [4.69, 9.17) is 75.9 Å². The molecule has 0 aromatic carbocycles. The molecule has 36 atom stereocenters. The predicted octanol–water partition coefficient (Wildman–Crippen LogP) is 15.4. The van der Waals surface area contributed by atoms with Crippen LogP contribution in [0.5, 0.6) is 0 Å². The van der Waals surface area contributed by atoms with E-state index in [2.05, 4.69) is 116 Å². The zero-order valence-corrected chi connectivity index (χ0v) is 64.2. The van der Waals surface area contributed by atoms with Gasteiger partial charge in [0.15, 0.2) is 11.6 Å². The fourth-order valence-electron chi connectivity index (χ4n) is 21.2. The Hall–Kier alpha value is -2.78. The van der Waals surface area contributed by atoms with E-state index in [1.54, 1.807) is 0 Å². The summed E-state index contributed by atoms with van der Waals surface area (Å²) in [5.41, 5.74) is 4.83. The second-order valence-electron chi connectivity index (χ2n) is 34.7.